The van der Waals surface area contributed by atoms with Crippen LogP contribution in [0.2, 0.25) is 0 Å². The molecule has 0 bridgehead atoms. The van der Waals surface area contributed by atoms with Crippen molar-refractivity contribution in [3.8, 4) is 6.07 Å². The fraction of sp³-hybridized carbons (Fsp3) is 0.412. The van der Waals surface area contributed by atoms with Crippen LogP contribution in [0.5, 0.6) is 0 Å². The van der Waals surface area contributed by atoms with Crippen LogP contribution in [0.15, 0.2) is 41.8 Å². The Morgan fingerprint density at radius 2 is 2.12 bits per heavy atom. The predicted molar refractivity (Wildman–Crippen MR) is 91.1 cm³/mol. The summed E-state index contributed by atoms with van der Waals surface area (Å²) < 4.78 is 29.5. The molecule has 0 unspecified atom stereocenters. The van der Waals surface area contributed by atoms with Gasteiger partial charge in [-0.3, -0.25) is 4.31 Å². The van der Waals surface area contributed by atoms with Gasteiger partial charge in [0.15, 0.2) is 5.03 Å². The molecule has 0 spiro atoms. The third kappa shape index (κ3) is 2.89. The van der Waals surface area contributed by atoms with Gasteiger partial charge >= 0.3 is 0 Å². The molecule has 1 heterocycles. The number of hydrogen-bond acceptors (Lipinski definition) is 4. The van der Waals surface area contributed by atoms with Crippen molar-refractivity contribution in [2.75, 3.05) is 4.31 Å². The number of benzene rings is 1. The molecule has 6 nitrogen and oxygen atoms in total. The Hall–Kier alpha value is -2.33. The zero-order valence-corrected chi connectivity index (χ0v) is 14.6. The minimum Gasteiger partial charge on any atom is -0.334 e. The Morgan fingerprint density at radius 3 is 2.67 bits per heavy atom. The fourth-order valence-corrected chi connectivity index (χ4v) is 4.34. The molecular weight excluding hydrogens is 324 g/mol. The van der Waals surface area contributed by atoms with Crippen molar-refractivity contribution >= 4 is 15.7 Å². The van der Waals surface area contributed by atoms with Crippen molar-refractivity contribution in [2.45, 2.75) is 50.2 Å². The first-order valence-electron chi connectivity index (χ1n) is 8.01. The van der Waals surface area contributed by atoms with E-state index in [0.717, 1.165) is 19.3 Å². The highest BCUT2D eigenvalue weighted by Gasteiger charge is 2.36. The third-order valence-electron chi connectivity index (χ3n) is 4.33. The molecule has 0 atom stereocenters. The first-order valence-corrected chi connectivity index (χ1v) is 9.45. The summed E-state index contributed by atoms with van der Waals surface area (Å²) >= 11 is 0. The predicted octanol–water partition coefficient (Wildman–Crippen LogP) is 3.08. The topological polar surface area (TPSA) is 79.0 Å². The molecule has 24 heavy (non-hydrogen) atoms. The lowest BCUT2D eigenvalue weighted by molar-refractivity contribution is 0.414. The second-order valence-corrected chi connectivity index (χ2v) is 8.06. The average Bonchev–Trinajstić information content (AvgIpc) is 3.01. The van der Waals surface area contributed by atoms with Gasteiger partial charge in [0, 0.05) is 18.3 Å². The van der Waals surface area contributed by atoms with Gasteiger partial charge in [-0.15, -0.1) is 0 Å². The van der Waals surface area contributed by atoms with Gasteiger partial charge in [-0.05, 0) is 51.3 Å². The van der Waals surface area contributed by atoms with E-state index in [1.807, 2.05) is 13.8 Å². The number of imidazole rings is 1. The van der Waals surface area contributed by atoms with Crippen LogP contribution in [0.25, 0.3) is 0 Å². The van der Waals surface area contributed by atoms with Gasteiger partial charge in [-0.25, -0.2) is 4.98 Å². The highest BCUT2D eigenvalue weighted by atomic mass is 32.2. The second-order valence-electron chi connectivity index (χ2n) is 6.30. The number of nitriles is 1. The molecule has 0 radical (unpaired) electrons. The van der Waals surface area contributed by atoms with Gasteiger partial charge in [0.25, 0.3) is 10.0 Å². The van der Waals surface area contributed by atoms with Crippen molar-refractivity contribution in [1.82, 2.24) is 9.55 Å². The van der Waals surface area contributed by atoms with E-state index >= 15 is 0 Å². The van der Waals surface area contributed by atoms with Crippen LogP contribution in [0, 0.1) is 11.3 Å². The summed E-state index contributed by atoms with van der Waals surface area (Å²) in [6, 6.07) is 8.86. The molecule has 0 amide bonds. The molecule has 1 aromatic carbocycles. The minimum atomic E-state index is -3.76. The summed E-state index contributed by atoms with van der Waals surface area (Å²) in [5.41, 5.74) is 0.970. The zero-order chi connectivity index (χ0) is 17.3. The van der Waals surface area contributed by atoms with Crippen molar-refractivity contribution in [1.29, 1.82) is 5.26 Å². The highest BCUT2D eigenvalue weighted by molar-refractivity contribution is 7.92. The van der Waals surface area contributed by atoms with Crippen LogP contribution < -0.4 is 4.31 Å². The standard InChI is InChI=1S/C17H20N4O2S/c1-13(2)20-11-17(19-12-20)24(22,23)21(15-6-4-7-15)16-8-3-5-14(9-16)10-18/h3,5,8-9,11-13,15H,4,6-7H2,1-2H3. The van der Waals surface area contributed by atoms with E-state index in [4.69, 9.17) is 5.26 Å². The first-order chi connectivity index (χ1) is 11.4. The van der Waals surface area contributed by atoms with Gasteiger partial charge in [0.2, 0.25) is 0 Å². The highest BCUT2D eigenvalue weighted by Crippen LogP contribution is 2.34. The monoisotopic (exact) mass is 344 g/mol. The van der Waals surface area contributed by atoms with Crippen molar-refractivity contribution < 1.29 is 8.42 Å². The van der Waals surface area contributed by atoms with Crippen LogP contribution in [-0.4, -0.2) is 24.0 Å². The number of aromatic nitrogens is 2. The van der Waals surface area contributed by atoms with E-state index in [-0.39, 0.29) is 17.1 Å². The average molecular weight is 344 g/mol. The van der Waals surface area contributed by atoms with Crippen LogP contribution in [0.1, 0.15) is 44.7 Å². The molecular formula is C17H20N4O2S. The quantitative estimate of drug-likeness (QED) is 0.835. The maximum Gasteiger partial charge on any atom is 0.283 e. The van der Waals surface area contributed by atoms with Crippen LogP contribution in [0.3, 0.4) is 0 Å². The van der Waals surface area contributed by atoms with E-state index in [9.17, 15) is 8.42 Å². The third-order valence-corrected chi connectivity index (χ3v) is 6.10. The van der Waals surface area contributed by atoms with Gasteiger partial charge in [-0.1, -0.05) is 6.07 Å². The Kier molecular flexibility index (Phi) is 4.33. The Bertz CT molecular complexity index is 876. The van der Waals surface area contributed by atoms with Gasteiger partial charge in [-0.2, -0.15) is 13.7 Å². The smallest absolute Gasteiger partial charge is 0.283 e. The molecule has 3 rings (SSSR count). The molecule has 1 fully saturated rings. The van der Waals surface area contributed by atoms with Crippen LogP contribution >= 0.6 is 0 Å². The molecule has 7 heteroatoms. The Balaban J connectivity index is 2.05. The number of nitrogens with zero attached hydrogens (tertiary/aromatic N) is 4. The summed E-state index contributed by atoms with van der Waals surface area (Å²) in [4.78, 5) is 4.11. The maximum atomic E-state index is 13.2. The van der Waals surface area contributed by atoms with E-state index in [1.165, 1.54) is 4.31 Å². The molecule has 1 aliphatic carbocycles. The minimum absolute atomic E-state index is 0.0467. The summed E-state index contributed by atoms with van der Waals surface area (Å²) in [5.74, 6) is 0. The molecule has 1 aromatic heterocycles. The molecule has 0 aliphatic heterocycles. The molecule has 0 N–H and O–H groups in total. The second kappa shape index (κ2) is 6.29. The number of anilines is 1. The number of rotatable bonds is 5. The van der Waals surface area contributed by atoms with Gasteiger partial charge in [0.1, 0.15) is 0 Å². The van der Waals surface area contributed by atoms with Gasteiger partial charge < -0.3 is 4.57 Å². The van der Waals surface area contributed by atoms with Crippen molar-refractivity contribution in [3.63, 3.8) is 0 Å². The first kappa shape index (κ1) is 16.5. The summed E-state index contributed by atoms with van der Waals surface area (Å²) in [7, 11) is -3.76. The SMILES string of the molecule is CC(C)n1cnc(S(=O)(=O)N(c2cccc(C#N)c2)C2CCC2)c1. The van der Waals surface area contributed by atoms with E-state index in [2.05, 4.69) is 11.1 Å². The normalized spacial score (nSPS) is 15.1. The van der Waals surface area contributed by atoms with Crippen molar-refractivity contribution in [2.24, 2.45) is 0 Å². The summed E-state index contributed by atoms with van der Waals surface area (Å²) in [6.07, 6.45) is 5.76. The van der Waals surface area contributed by atoms with E-state index < -0.39 is 10.0 Å². The number of hydrogen-bond donors (Lipinski definition) is 0. The molecule has 1 saturated carbocycles. The van der Waals surface area contributed by atoms with Crippen molar-refractivity contribution in [3.05, 3.63) is 42.4 Å². The Labute approximate surface area is 142 Å². The largest absolute Gasteiger partial charge is 0.334 e. The Morgan fingerprint density at radius 1 is 1.38 bits per heavy atom. The maximum absolute atomic E-state index is 13.2. The number of sulfonamides is 1. The van der Waals surface area contributed by atoms with E-state index in [0.29, 0.717) is 11.3 Å². The summed E-state index contributed by atoms with van der Waals surface area (Å²) in [5, 5.41) is 9.15. The van der Waals surface area contributed by atoms with Crippen LogP contribution in [-0.2, 0) is 10.0 Å². The summed E-state index contributed by atoms with van der Waals surface area (Å²) in [6.45, 7) is 3.94. The lowest BCUT2D eigenvalue weighted by atomic mass is 9.93. The molecule has 0 saturated heterocycles. The molecule has 2 aromatic rings. The lowest BCUT2D eigenvalue weighted by Crippen LogP contribution is -2.44. The van der Waals surface area contributed by atoms with Gasteiger partial charge in [0.05, 0.1) is 23.6 Å². The molecule has 1 aliphatic rings. The fourth-order valence-electron chi connectivity index (χ4n) is 2.71. The molecule has 126 valence electrons. The van der Waals surface area contributed by atoms with Crippen LogP contribution in [0.4, 0.5) is 5.69 Å². The lowest BCUT2D eigenvalue weighted by Gasteiger charge is -2.37. The zero-order valence-electron chi connectivity index (χ0n) is 13.8. The van der Waals surface area contributed by atoms with E-state index in [1.54, 1.807) is 41.4 Å².